The van der Waals surface area contributed by atoms with E-state index in [0.717, 1.165) is 37.2 Å². The third-order valence-electron chi connectivity index (χ3n) is 2.95. The van der Waals surface area contributed by atoms with E-state index in [4.69, 9.17) is 5.26 Å². The van der Waals surface area contributed by atoms with Crippen LogP contribution in [0.15, 0.2) is 36.7 Å². The highest BCUT2D eigenvalue weighted by molar-refractivity contribution is 5.31. The van der Waals surface area contributed by atoms with Crippen molar-refractivity contribution in [3.8, 4) is 11.8 Å². The maximum absolute atomic E-state index is 12.8. The van der Waals surface area contributed by atoms with Gasteiger partial charge < -0.3 is 5.32 Å². The molecule has 4 nitrogen and oxygen atoms in total. The molecule has 1 N–H and O–H groups in total. The van der Waals surface area contributed by atoms with Crippen molar-refractivity contribution >= 4 is 0 Å². The molecular weight excluding hydrogens is 255 g/mol. The SMILES string of the molecule is N#CCCCCNCc1cnn(-c2ccc(F)cc2)c1. The van der Waals surface area contributed by atoms with Crippen LogP contribution in [0.25, 0.3) is 5.69 Å². The number of unbranched alkanes of at least 4 members (excludes halogenated alkanes) is 2. The van der Waals surface area contributed by atoms with E-state index in [2.05, 4.69) is 16.5 Å². The summed E-state index contributed by atoms with van der Waals surface area (Å²) in [5, 5.41) is 16.0. The van der Waals surface area contributed by atoms with Crippen LogP contribution in [0.5, 0.6) is 0 Å². The van der Waals surface area contributed by atoms with Crippen LogP contribution in [0.1, 0.15) is 24.8 Å². The lowest BCUT2D eigenvalue weighted by atomic mass is 10.2. The Morgan fingerprint density at radius 1 is 1.25 bits per heavy atom. The number of nitrogens with zero attached hydrogens (tertiary/aromatic N) is 3. The maximum Gasteiger partial charge on any atom is 0.123 e. The zero-order chi connectivity index (χ0) is 14.2. The van der Waals surface area contributed by atoms with Gasteiger partial charge in [-0.05, 0) is 43.7 Å². The molecule has 0 bridgehead atoms. The van der Waals surface area contributed by atoms with Crippen LogP contribution in [0.2, 0.25) is 0 Å². The molecule has 0 aliphatic carbocycles. The Morgan fingerprint density at radius 3 is 2.80 bits per heavy atom. The second kappa shape index (κ2) is 7.41. The fourth-order valence-corrected chi connectivity index (χ4v) is 1.87. The van der Waals surface area contributed by atoms with Gasteiger partial charge in [-0.2, -0.15) is 10.4 Å². The molecule has 0 aliphatic rings. The van der Waals surface area contributed by atoms with Gasteiger partial charge in [0.2, 0.25) is 0 Å². The second-order valence-electron chi connectivity index (χ2n) is 4.56. The first-order chi connectivity index (χ1) is 9.79. The number of rotatable bonds is 7. The predicted molar refractivity (Wildman–Crippen MR) is 74.7 cm³/mol. The van der Waals surface area contributed by atoms with E-state index in [-0.39, 0.29) is 5.82 Å². The average Bonchev–Trinajstić information content (AvgIpc) is 2.92. The summed E-state index contributed by atoms with van der Waals surface area (Å²) in [4.78, 5) is 0. The Morgan fingerprint density at radius 2 is 2.05 bits per heavy atom. The molecule has 0 atom stereocenters. The monoisotopic (exact) mass is 272 g/mol. The largest absolute Gasteiger partial charge is 0.313 e. The van der Waals surface area contributed by atoms with Crippen molar-refractivity contribution in [2.45, 2.75) is 25.8 Å². The van der Waals surface area contributed by atoms with E-state index in [1.807, 2.05) is 6.20 Å². The van der Waals surface area contributed by atoms with Gasteiger partial charge in [-0.25, -0.2) is 9.07 Å². The van der Waals surface area contributed by atoms with E-state index >= 15 is 0 Å². The van der Waals surface area contributed by atoms with Crippen molar-refractivity contribution in [2.24, 2.45) is 0 Å². The molecular formula is C15H17FN4. The standard InChI is InChI=1S/C15H17FN4/c16-14-4-6-15(7-5-14)20-12-13(11-19-20)10-18-9-3-1-2-8-17/h4-7,11-12,18H,1-3,9-10H2. The highest BCUT2D eigenvalue weighted by Crippen LogP contribution is 2.09. The average molecular weight is 272 g/mol. The van der Waals surface area contributed by atoms with Crippen molar-refractivity contribution in [1.82, 2.24) is 15.1 Å². The molecule has 0 amide bonds. The predicted octanol–water partition coefficient (Wildman–Crippen LogP) is 2.79. The molecule has 0 saturated carbocycles. The van der Waals surface area contributed by atoms with Gasteiger partial charge in [0, 0.05) is 24.7 Å². The molecule has 1 aromatic carbocycles. The molecule has 0 spiro atoms. The van der Waals surface area contributed by atoms with E-state index in [1.165, 1.54) is 12.1 Å². The lowest BCUT2D eigenvalue weighted by molar-refractivity contribution is 0.626. The minimum atomic E-state index is -0.250. The van der Waals surface area contributed by atoms with Crippen LogP contribution in [-0.4, -0.2) is 16.3 Å². The number of benzene rings is 1. The molecule has 0 radical (unpaired) electrons. The third-order valence-corrected chi connectivity index (χ3v) is 2.95. The van der Waals surface area contributed by atoms with Crippen molar-refractivity contribution in [3.05, 3.63) is 48.0 Å². The van der Waals surface area contributed by atoms with Crippen molar-refractivity contribution in [3.63, 3.8) is 0 Å². The van der Waals surface area contributed by atoms with Gasteiger partial charge in [-0.1, -0.05) is 0 Å². The van der Waals surface area contributed by atoms with Gasteiger partial charge >= 0.3 is 0 Å². The quantitative estimate of drug-likeness (QED) is 0.788. The smallest absolute Gasteiger partial charge is 0.123 e. The van der Waals surface area contributed by atoms with Gasteiger partial charge in [0.15, 0.2) is 0 Å². The highest BCUT2D eigenvalue weighted by atomic mass is 19.1. The van der Waals surface area contributed by atoms with Crippen LogP contribution < -0.4 is 5.32 Å². The fraction of sp³-hybridized carbons (Fsp3) is 0.333. The summed E-state index contributed by atoms with van der Waals surface area (Å²) < 4.78 is 14.6. The highest BCUT2D eigenvalue weighted by Gasteiger charge is 2.01. The molecule has 0 saturated heterocycles. The molecule has 2 rings (SSSR count). The van der Waals surface area contributed by atoms with Crippen LogP contribution >= 0.6 is 0 Å². The lowest BCUT2D eigenvalue weighted by Gasteiger charge is -2.02. The Kier molecular flexibility index (Phi) is 5.27. The first-order valence-electron chi connectivity index (χ1n) is 6.67. The summed E-state index contributed by atoms with van der Waals surface area (Å²) in [6.07, 6.45) is 6.27. The number of halogens is 1. The molecule has 1 aromatic heterocycles. The first kappa shape index (κ1) is 14.2. The van der Waals surface area contributed by atoms with Crippen LogP contribution in [0.3, 0.4) is 0 Å². The van der Waals surface area contributed by atoms with Crippen molar-refractivity contribution in [1.29, 1.82) is 5.26 Å². The normalized spacial score (nSPS) is 10.4. The summed E-state index contributed by atoms with van der Waals surface area (Å²) >= 11 is 0. The zero-order valence-electron chi connectivity index (χ0n) is 11.2. The van der Waals surface area contributed by atoms with Gasteiger partial charge in [-0.3, -0.25) is 0 Å². The van der Waals surface area contributed by atoms with E-state index in [1.54, 1.807) is 23.0 Å². The lowest BCUT2D eigenvalue weighted by Crippen LogP contribution is -2.14. The minimum Gasteiger partial charge on any atom is -0.313 e. The molecule has 2 aromatic rings. The summed E-state index contributed by atoms with van der Waals surface area (Å²) in [6.45, 7) is 1.64. The van der Waals surface area contributed by atoms with E-state index in [0.29, 0.717) is 6.42 Å². The molecule has 104 valence electrons. The van der Waals surface area contributed by atoms with Crippen LogP contribution in [0, 0.1) is 17.1 Å². The summed E-state index contributed by atoms with van der Waals surface area (Å²) in [7, 11) is 0. The number of nitriles is 1. The first-order valence-corrected chi connectivity index (χ1v) is 6.67. The second-order valence-corrected chi connectivity index (χ2v) is 4.56. The summed E-state index contributed by atoms with van der Waals surface area (Å²) in [6, 6.07) is 8.37. The Bertz CT molecular complexity index is 568. The van der Waals surface area contributed by atoms with Gasteiger partial charge in [0.25, 0.3) is 0 Å². The number of aromatic nitrogens is 2. The topological polar surface area (TPSA) is 53.6 Å². The Labute approximate surface area is 117 Å². The van der Waals surface area contributed by atoms with Gasteiger partial charge in [0.05, 0.1) is 18.0 Å². The molecule has 0 unspecified atom stereocenters. The number of hydrogen-bond donors (Lipinski definition) is 1. The van der Waals surface area contributed by atoms with Gasteiger partial charge in [-0.15, -0.1) is 0 Å². The molecule has 1 heterocycles. The van der Waals surface area contributed by atoms with E-state index < -0.39 is 0 Å². The number of hydrogen-bond acceptors (Lipinski definition) is 3. The Balaban J connectivity index is 1.80. The van der Waals surface area contributed by atoms with E-state index in [9.17, 15) is 4.39 Å². The van der Waals surface area contributed by atoms with Crippen molar-refractivity contribution < 1.29 is 4.39 Å². The molecule has 0 fully saturated rings. The summed E-state index contributed by atoms with van der Waals surface area (Å²) in [5.41, 5.74) is 1.92. The maximum atomic E-state index is 12.8. The van der Waals surface area contributed by atoms with Gasteiger partial charge in [0.1, 0.15) is 5.82 Å². The molecule has 0 aliphatic heterocycles. The van der Waals surface area contributed by atoms with Crippen LogP contribution in [-0.2, 0) is 6.54 Å². The zero-order valence-corrected chi connectivity index (χ0v) is 11.2. The molecule has 20 heavy (non-hydrogen) atoms. The third kappa shape index (κ3) is 4.18. The van der Waals surface area contributed by atoms with Crippen LogP contribution in [0.4, 0.5) is 4.39 Å². The minimum absolute atomic E-state index is 0.250. The van der Waals surface area contributed by atoms with Crippen molar-refractivity contribution in [2.75, 3.05) is 6.54 Å². The summed E-state index contributed by atoms with van der Waals surface area (Å²) in [5.74, 6) is -0.250. The number of nitrogens with one attached hydrogen (secondary N) is 1. The molecule has 5 heteroatoms. The fourth-order valence-electron chi connectivity index (χ4n) is 1.87. The Hall–Kier alpha value is -2.19.